The minimum Gasteiger partial charge on any atom is -0.385 e. The molecule has 0 radical (unpaired) electrons. The van der Waals surface area contributed by atoms with E-state index in [1.54, 1.807) is 26.0 Å². The minimum absolute atomic E-state index is 0.0583. The summed E-state index contributed by atoms with van der Waals surface area (Å²) >= 11 is 0. The van der Waals surface area contributed by atoms with Gasteiger partial charge < -0.3 is 5.11 Å². The van der Waals surface area contributed by atoms with E-state index in [2.05, 4.69) is 0 Å². The first-order valence-corrected chi connectivity index (χ1v) is 4.85. The van der Waals surface area contributed by atoms with Gasteiger partial charge in [-0.1, -0.05) is 26.0 Å². The quantitative estimate of drug-likeness (QED) is 0.771. The molecule has 1 nitrogen and oxygen atoms in total. The van der Waals surface area contributed by atoms with Gasteiger partial charge >= 0.3 is 0 Å². The van der Waals surface area contributed by atoms with Gasteiger partial charge in [0.15, 0.2) is 0 Å². The molecule has 1 aromatic carbocycles. The Morgan fingerprint density at radius 3 is 2.43 bits per heavy atom. The van der Waals surface area contributed by atoms with Crippen molar-refractivity contribution in [2.24, 2.45) is 5.92 Å². The number of hydrogen-bond donors (Lipinski definition) is 1. The van der Waals surface area contributed by atoms with E-state index in [-0.39, 0.29) is 11.7 Å². The van der Waals surface area contributed by atoms with Crippen molar-refractivity contribution >= 4 is 0 Å². The van der Waals surface area contributed by atoms with Crippen molar-refractivity contribution in [2.45, 2.75) is 33.3 Å². The van der Waals surface area contributed by atoms with Crippen LogP contribution in [0.2, 0.25) is 0 Å². The summed E-state index contributed by atoms with van der Waals surface area (Å²) in [6, 6.07) is 4.82. The van der Waals surface area contributed by atoms with Gasteiger partial charge in [-0.3, -0.25) is 0 Å². The lowest BCUT2D eigenvalue weighted by molar-refractivity contribution is 0.00815. The van der Waals surface area contributed by atoms with Gasteiger partial charge in [-0.05, 0) is 37.0 Å². The van der Waals surface area contributed by atoms with Crippen molar-refractivity contribution in [3.05, 3.63) is 35.1 Å². The van der Waals surface area contributed by atoms with E-state index >= 15 is 0 Å². The van der Waals surface area contributed by atoms with Gasteiger partial charge in [0, 0.05) is 0 Å². The van der Waals surface area contributed by atoms with Gasteiger partial charge in [-0.15, -0.1) is 0 Å². The standard InChI is InChI=1S/C12H17FO/c1-8(2)12(4,14)10-6-5-7-11(13)9(10)3/h5-8,14H,1-4H3/t12-/m1/s1. The molecule has 0 aliphatic rings. The summed E-state index contributed by atoms with van der Waals surface area (Å²) in [4.78, 5) is 0. The smallest absolute Gasteiger partial charge is 0.126 e. The van der Waals surface area contributed by atoms with E-state index in [4.69, 9.17) is 0 Å². The van der Waals surface area contributed by atoms with Crippen LogP contribution in [0, 0.1) is 18.7 Å². The second-order valence-corrected chi connectivity index (χ2v) is 4.21. The predicted molar refractivity (Wildman–Crippen MR) is 55.5 cm³/mol. The molecule has 0 fully saturated rings. The highest BCUT2D eigenvalue weighted by atomic mass is 19.1. The van der Waals surface area contributed by atoms with Gasteiger partial charge in [-0.25, -0.2) is 4.39 Å². The number of rotatable bonds is 2. The van der Waals surface area contributed by atoms with Crippen LogP contribution in [-0.4, -0.2) is 5.11 Å². The summed E-state index contributed by atoms with van der Waals surface area (Å²) in [5.41, 5.74) is 0.241. The van der Waals surface area contributed by atoms with Gasteiger partial charge in [0.1, 0.15) is 5.82 Å². The maximum Gasteiger partial charge on any atom is 0.126 e. The second-order valence-electron chi connectivity index (χ2n) is 4.21. The van der Waals surface area contributed by atoms with Crippen molar-refractivity contribution in [3.63, 3.8) is 0 Å². The summed E-state index contributed by atoms with van der Waals surface area (Å²) in [5.74, 6) is -0.202. The van der Waals surface area contributed by atoms with Crippen molar-refractivity contribution in [3.8, 4) is 0 Å². The van der Waals surface area contributed by atoms with Gasteiger partial charge in [-0.2, -0.15) is 0 Å². The third kappa shape index (κ3) is 1.80. The van der Waals surface area contributed by atoms with E-state index in [0.717, 1.165) is 0 Å². The maximum atomic E-state index is 13.3. The topological polar surface area (TPSA) is 20.2 Å². The molecule has 1 N–H and O–H groups in total. The molecule has 0 aromatic heterocycles. The van der Waals surface area contributed by atoms with Crippen molar-refractivity contribution in [1.29, 1.82) is 0 Å². The van der Waals surface area contributed by atoms with Gasteiger partial charge in [0.05, 0.1) is 5.60 Å². The molecule has 1 aromatic rings. The second kappa shape index (κ2) is 3.70. The van der Waals surface area contributed by atoms with Gasteiger partial charge in [0.2, 0.25) is 0 Å². The molecule has 0 aliphatic heterocycles. The Morgan fingerprint density at radius 2 is 1.93 bits per heavy atom. The molecule has 0 spiro atoms. The Balaban J connectivity index is 3.26. The normalized spacial score (nSPS) is 15.6. The fraction of sp³-hybridized carbons (Fsp3) is 0.500. The highest BCUT2D eigenvalue weighted by Crippen LogP contribution is 2.31. The van der Waals surface area contributed by atoms with Crippen LogP contribution in [0.15, 0.2) is 18.2 Å². The van der Waals surface area contributed by atoms with E-state index in [1.165, 1.54) is 6.07 Å². The zero-order valence-electron chi connectivity index (χ0n) is 9.13. The van der Waals surface area contributed by atoms with E-state index in [0.29, 0.717) is 11.1 Å². The van der Waals surface area contributed by atoms with Crippen molar-refractivity contribution in [1.82, 2.24) is 0 Å². The molecule has 0 saturated carbocycles. The third-order valence-corrected chi connectivity index (χ3v) is 2.94. The highest BCUT2D eigenvalue weighted by Gasteiger charge is 2.29. The van der Waals surface area contributed by atoms with Crippen LogP contribution in [-0.2, 0) is 5.60 Å². The fourth-order valence-electron chi connectivity index (χ4n) is 1.47. The van der Waals surface area contributed by atoms with Crippen LogP contribution >= 0.6 is 0 Å². The molecule has 0 heterocycles. The molecule has 0 aliphatic carbocycles. The van der Waals surface area contributed by atoms with Crippen LogP contribution in [0.3, 0.4) is 0 Å². The maximum absolute atomic E-state index is 13.3. The lowest BCUT2D eigenvalue weighted by Crippen LogP contribution is -2.29. The molecule has 14 heavy (non-hydrogen) atoms. The summed E-state index contributed by atoms with van der Waals surface area (Å²) < 4.78 is 13.3. The van der Waals surface area contributed by atoms with Crippen LogP contribution < -0.4 is 0 Å². The van der Waals surface area contributed by atoms with Crippen LogP contribution in [0.5, 0.6) is 0 Å². The zero-order valence-corrected chi connectivity index (χ0v) is 9.13. The highest BCUT2D eigenvalue weighted by molar-refractivity contribution is 5.32. The van der Waals surface area contributed by atoms with E-state index < -0.39 is 5.60 Å². The first kappa shape index (κ1) is 11.2. The molecule has 0 unspecified atom stereocenters. The monoisotopic (exact) mass is 196 g/mol. The Hall–Kier alpha value is -0.890. The number of benzene rings is 1. The van der Waals surface area contributed by atoms with Gasteiger partial charge in [0.25, 0.3) is 0 Å². The molecular formula is C12H17FO. The first-order chi connectivity index (χ1) is 6.37. The largest absolute Gasteiger partial charge is 0.385 e. The predicted octanol–water partition coefficient (Wildman–Crippen LogP) is 3.00. The lowest BCUT2D eigenvalue weighted by Gasteiger charge is -2.29. The summed E-state index contributed by atoms with van der Waals surface area (Å²) in [6.45, 7) is 7.26. The molecule has 0 bridgehead atoms. The lowest BCUT2D eigenvalue weighted by atomic mass is 9.83. The Labute approximate surface area is 84.6 Å². The average Bonchev–Trinajstić information content (AvgIpc) is 2.09. The summed E-state index contributed by atoms with van der Waals surface area (Å²) in [5, 5.41) is 10.2. The zero-order chi connectivity index (χ0) is 10.9. The molecule has 1 rings (SSSR count). The van der Waals surface area contributed by atoms with E-state index in [9.17, 15) is 9.50 Å². The number of hydrogen-bond acceptors (Lipinski definition) is 1. The molecule has 78 valence electrons. The fourth-order valence-corrected chi connectivity index (χ4v) is 1.47. The Kier molecular flexibility index (Phi) is 2.95. The Bertz CT molecular complexity index is 329. The van der Waals surface area contributed by atoms with Crippen molar-refractivity contribution in [2.75, 3.05) is 0 Å². The Morgan fingerprint density at radius 1 is 1.36 bits per heavy atom. The van der Waals surface area contributed by atoms with E-state index in [1.807, 2.05) is 13.8 Å². The first-order valence-electron chi connectivity index (χ1n) is 4.85. The van der Waals surface area contributed by atoms with Crippen molar-refractivity contribution < 1.29 is 9.50 Å². The summed E-state index contributed by atoms with van der Waals surface area (Å²) in [6.07, 6.45) is 0. The molecule has 2 heteroatoms. The number of aliphatic hydroxyl groups is 1. The molecule has 0 saturated heterocycles. The molecular weight excluding hydrogens is 179 g/mol. The SMILES string of the molecule is Cc1c(F)cccc1[C@](C)(O)C(C)C. The van der Waals surface area contributed by atoms with Crippen LogP contribution in [0.1, 0.15) is 31.9 Å². The average molecular weight is 196 g/mol. The van der Waals surface area contributed by atoms with Crippen LogP contribution in [0.25, 0.3) is 0 Å². The third-order valence-electron chi connectivity index (χ3n) is 2.94. The molecule has 0 amide bonds. The van der Waals surface area contributed by atoms with Crippen LogP contribution in [0.4, 0.5) is 4.39 Å². The minimum atomic E-state index is -0.966. The molecule has 1 atom stereocenters. The number of halogens is 1. The summed E-state index contributed by atoms with van der Waals surface area (Å²) in [7, 11) is 0.